The lowest BCUT2D eigenvalue weighted by Crippen LogP contribution is -2.44. The maximum atomic E-state index is 14.3. The first kappa shape index (κ1) is 93.9. The molecule has 8 aromatic heterocycles. The molecule has 1 saturated carbocycles. The van der Waals surface area contributed by atoms with Gasteiger partial charge in [0.1, 0.15) is 40.3 Å². The monoisotopic (exact) mass is 1810 g/mol. The van der Waals surface area contributed by atoms with E-state index in [1.165, 1.54) is 32.1 Å². The number of benzene rings is 8. The summed E-state index contributed by atoms with van der Waals surface area (Å²) in [7, 11) is 17.1. The maximum Gasteiger partial charge on any atom is 0.251 e. The summed E-state index contributed by atoms with van der Waals surface area (Å²) < 4.78 is 54.3. The van der Waals surface area contributed by atoms with Gasteiger partial charge < -0.3 is 74.6 Å². The van der Waals surface area contributed by atoms with Crippen molar-refractivity contribution in [3.05, 3.63) is 231 Å². The number of rotatable bonds is 33. The van der Waals surface area contributed by atoms with E-state index in [0.29, 0.717) is 47.8 Å². The van der Waals surface area contributed by atoms with E-state index in [0.717, 1.165) is 224 Å². The van der Waals surface area contributed by atoms with Crippen molar-refractivity contribution in [2.75, 3.05) is 141 Å². The Balaban J connectivity index is 0.000000136. The summed E-state index contributed by atoms with van der Waals surface area (Å²) in [6, 6.07) is 47.2. The van der Waals surface area contributed by atoms with Crippen LogP contribution in [-0.2, 0) is 21.1 Å². The van der Waals surface area contributed by atoms with Crippen LogP contribution < -0.4 is 69.7 Å². The fourth-order valence-corrected chi connectivity index (χ4v) is 15.7. The number of nitrogens with one attached hydrogen (secondary N) is 3. The molecule has 2 aliphatic rings. The highest BCUT2D eigenvalue weighted by molar-refractivity contribution is 5.96. The van der Waals surface area contributed by atoms with Crippen molar-refractivity contribution in [2.24, 2.45) is 32.8 Å². The third-order valence-electron chi connectivity index (χ3n) is 23.1. The van der Waals surface area contributed by atoms with Gasteiger partial charge in [-0.2, -0.15) is 20.4 Å². The normalized spacial score (nSPS) is 12.5. The Hall–Kier alpha value is -14.8. The number of ether oxygens (including phenoxy) is 6. The molecule has 694 valence electrons. The lowest BCUT2D eigenvalue weighted by atomic mass is 10.1. The highest BCUT2D eigenvalue weighted by atomic mass is 19.1. The van der Waals surface area contributed by atoms with Crippen LogP contribution in [0.3, 0.4) is 0 Å². The Kier molecular flexibility index (Phi) is 30.8. The SMILES string of the molecule is CNC(=O)c1cc(OC)cc(N(CC2CC2)c2ccc3ncc(-c4cnn(C)c4)nc3c2)c1.COc1cc(F)cc(N(CCNC(C)C)c2ccc3ncc(-c4cnn(C)c4)nc3c2)c1.COc1cc(OC)cc(N(CCCN)c2ccc3ncc(-c4cnn(C(C)C)c4)nc3c2)c1.COc1cc(OC)cc(N(CCCN2CCNCC2)c2ccc3ncc(-c4cnn(C)c4)nc3c2)c1. The summed E-state index contributed by atoms with van der Waals surface area (Å²) in [5.74, 6) is 4.23. The van der Waals surface area contributed by atoms with Gasteiger partial charge in [-0.05, 0) is 150 Å². The van der Waals surface area contributed by atoms with Crippen molar-refractivity contribution in [1.82, 2.24) is 99.8 Å². The molecular weight excluding hydrogens is 1690 g/mol. The van der Waals surface area contributed by atoms with Gasteiger partial charge in [0.2, 0.25) is 0 Å². The molecule has 0 bridgehead atoms. The molecule has 1 amide bonds. The number of hydrogen-bond acceptors (Lipinski definition) is 27. The third kappa shape index (κ3) is 23.7. The van der Waals surface area contributed by atoms with E-state index in [2.05, 4.69) is 157 Å². The Morgan fingerprint density at radius 1 is 0.440 bits per heavy atom. The number of anilines is 8. The molecule has 1 saturated heterocycles. The zero-order valence-corrected chi connectivity index (χ0v) is 78.3. The van der Waals surface area contributed by atoms with E-state index in [1.807, 2.05) is 142 Å². The van der Waals surface area contributed by atoms with E-state index >= 15 is 0 Å². The zero-order chi connectivity index (χ0) is 93.9. The van der Waals surface area contributed by atoms with Crippen LogP contribution in [0.1, 0.15) is 69.8 Å². The number of carbonyl (C=O) groups excluding carboxylic acids is 1. The number of halogens is 1. The quantitative estimate of drug-likeness (QED) is 0.0297. The summed E-state index contributed by atoms with van der Waals surface area (Å²) in [6.07, 6.45) is 26.4. The molecule has 32 nitrogen and oxygen atoms in total. The van der Waals surface area contributed by atoms with Crippen molar-refractivity contribution in [1.29, 1.82) is 0 Å². The minimum Gasteiger partial charge on any atom is -0.497 e. The predicted molar refractivity (Wildman–Crippen MR) is 526 cm³/mol. The molecule has 5 N–H and O–H groups in total. The number of methoxy groups -OCH3 is 6. The summed E-state index contributed by atoms with van der Waals surface area (Å²) in [5, 5.41) is 26.7. The molecule has 16 aromatic rings. The second kappa shape index (κ2) is 44.0. The van der Waals surface area contributed by atoms with Crippen LogP contribution in [0.25, 0.3) is 89.2 Å². The molecule has 1 aliphatic carbocycles. The molecule has 134 heavy (non-hydrogen) atoms. The smallest absolute Gasteiger partial charge is 0.251 e. The molecule has 18 rings (SSSR count). The van der Waals surface area contributed by atoms with Gasteiger partial charge in [0, 0.05) is 252 Å². The third-order valence-corrected chi connectivity index (χ3v) is 23.1. The first-order valence-corrected chi connectivity index (χ1v) is 44.9. The Morgan fingerprint density at radius 2 is 0.813 bits per heavy atom. The number of aromatic nitrogens is 16. The highest BCUT2D eigenvalue weighted by Crippen LogP contribution is 2.41. The van der Waals surface area contributed by atoms with Gasteiger partial charge in [0.15, 0.2) is 0 Å². The summed E-state index contributed by atoms with van der Waals surface area (Å²) >= 11 is 0. The predicted octanol–water partition coefficient (Wildman–Crippen LogP) is 16.3. The van der Waals surface area contributed by atoms with Crippen LogP contribution in [-0.4, -0.2) is 218 Å². The standard InChI is InChI=1S/C27H33N7O2.C25H26N6O2.C25H30N6O2.C24H27FN6O/c1-32-19-20(17-30-32)27-18-29-25-6-5-21(15-26(25)31-27)34(10-4-9-33-11-7-28-8-12-33)22-13-23(35-2)16-24(14-22)36-3;1-26-25(32)17-8-20(10-21(9-17)33-3)31(14-16-4-5-16)19-6-7-22-23(11-19)29-24(13-27-22)18-12-28-30(2)15-18;1-17(2)31-16-18(14-28-31)25-15-27-23-7-6-19(12-24(23)29-25)30(9-5-8-26)20-10-21(32-3)13-22(11-20)33-4;1-16(2)26-7-8-31(20-9-18(25)10-21(11-20)32-4)19-5-6-22-23(12-19)29-24(14-27-22)17-13-28-30(3)15-17/h5-6,13-19,28H,4,7-12H2,1-3H3;6-13,15-16H,4-5,14H2,1-3H3,(H,26,32);6-7,10-17H,5,8-9,26H2,1-4H3;5-6,9-16,26H,7-8H2,1-4H3. The van der Waals surface area contributed by atoms with Crippen LogP contribution in [0.4, 0.5) is 49.9 Å². The zero-order valence-electron chi connectivity index (χ0n) is 78.3. The van der Waals surface area contributed by atoms with Gasteiger partial charge in [-0.1, -0.05) is 13.8 Å². The van der Waals surface area contributed by atoms with E-state index in [9.17, 15) is 9.18 Å². The minimum atomic E-state index is -0.347. The van der Waals surface area contributed by atoms with Crippen molar-refractivity contribution >= 4 is 95.5 Å². The second-order valence-electron chi connectivity index (χ2n) is 33.4. The summed E-state index contributed by atoms with van der Waals surface area (Å²) in [4.78, 5) is 61.6. The maximum absolute atomic E-state index is 14.3. The van der Waals surface area contributed by atoms with Crippen LogP contribution in [0.15, 0.2) is 220 Å². The second-order valence-corrected chi connectivity index (χ2v) is 33.4. The van der Waals surface area contributed by atoms with Crippen LogP contribution >= 0.6 is 0 Å². The van der Waals surface area contributed by atoms with E-state index in [4.69, 9.17) is 54.1 Å². The van der Waals surface area contributed by atoms with Gasteiger partial charge >= 0.3 is 0 Å². The molecule has 33 heteroatoms. The summed E-state index contributed by atoms with van der Waals surface area (Å²) in [5.41, 5.74) is 27.3. The molecule has 8 aromatic carbocycles. The number of nitrogens with zero attached hydrogens (tertiary/aromatic N) is 21. The van der Waals surface area contributed by atoms with E-state index in [-0.39, 0.29) is 17.8 Å². The Bertz CT molecular complexity index is 6640. The van der Waals surface area contributed by atoms with E-state index in [1.54, 1.807) is 99.9 Å². The van der Waals surface area contributed by atoms with Crippen molar-refractivity contribution in [3.63, 3.8) is 0 Å². The molecule has 0 radical (unpaired) electrons. The Labute approximate surface area is 779 Å². The number of nitrogens with two attached hydrogens (primary N) is 1. The highest BCUT2D eigenvalue weighted by Gasteiger charge is 2.28. The first-order chi connectivity index (χ1) is 65.1. The van der Waals surface area contributed by atoms with Crippen LogP contribution in [0, 0.1) is 11.7 Å². The number of hydrogen-bond donors (Lipinski definition) is 4. The lowest BCUT2D eigenvalue weighted by molar-refractivity contribution is 0.0962. The number of carbonyl (C=O) groups is 1. The number of amides is 1. The number of piperazine rings is 1. The molecule has 9 heterocycles. The minimum absolute atomic E-state index is 0.146. The molecule has 0 spiro atoms. The number of aryl methyl sites for hydroxylation is 3. The van der Waals surface area contributed by atoms with E-state index < -0.39 is 0 Å². The molecular formula is C101H116FN25O7. The molecule has 2 fully saturated rings. The Morgan fingerprint density at radius 3 is 1.19 bits per heavy atom. The fourth-order valence-electron chi connectivity index (χ4n) is 15.7. The van der Waals surface area contributed by atoms with Gasteiger partial charge in [-0.25, -0.2) is 24.3 Å². The molecule has 1 aliphatic heterocycles. The largest absolute Gasteiger partial charge is 0.497 e. The van der Waals surface area contributed by atoms with Gasteiger partial charge in [-0.3, -0.25) is 43.5 Å². The number of fused-ring (bicyclic) bond motifs is 4. The van der Waals surface area contributed by atoms with Gasteiger partial charge in [-0.15, -0.1) is 0 Å². The average molecular weight is 1810 g/mol. The molecule has 0 atom stereocenters. The first-order valence-electron chi connectivity index (χ1n) is 44.9. The molecule has 0 unspecified atom stereocenters. The summed E-state index contributed by atoms with van der Waals surface area (Å²) in [6.45, 7) is 18.2. The van der Waals surface area contributed by atoms with Crippen LogP contribution in [0.5, 0.6) is 34.5 Å². The topological polar surface area (TPSA) is 325 Å². The van der Waals surface area contributed by atoms with Gasteiger partial charge in [0.25, 0.3) is 5.91 Å². The van der Waals surface area contributed by atoms with Crippen molar-refractivity contribution in [2.45, 2.75) is 65.5 Å². The van der Waals surface area contributed by atoms with Crippen LogP contribution in [0.2, 0.25) is 0 Å². The average Bonchev–Trinajstić information content (AvgIpc) is 1.02. The van der Waals surface area contributed by atoms with Crippen molar-refractivity contribution in [3.8, 4) is 79.5 Å². The van der Waals surface area contributed by atoms with Gasteiger partial charge in [0.05, 0.1) is 159 Å². The fraction of sp³-hybridized carbons (Fsp3) is 0.317. The lowest BCUT2D eigenvalue weighted by Gasteiger charge is -2.30. The van der Waals surface area contributed by atoms with Crippen molar-refractivity contribution < 1.29 is 37.6 Å².